The monoisotopic (exact) mass is 317 g/mol. The van der Waals surface area contributed by atoms with E-state index in [-0.39, 0.29) is 0 Å². The molecule has 1 N–H and O–H groups in total. The molecule has 0 unspecified atom stereocenters. The van der Waals surface area contributed by atoms with Crippen molar-refractivity contribution in [3.63, 3.8) is 0 Å². The Morgan fingerprint density at radius 2 is 1.95 bits per heavy atom. The van der Waals surface area contributed by atoms with E-state index in [4.69, 9.17) is 0 Å². The van der Waals surface area contributed by atoms with Crippen LogP contribution in [-0.2, 0) is 10.0 Å². The van der Waals surface area contributed by atoms with Gasteiger partial charge in [-0.25, -0.2) is 13.1 Å². The number of rotatable bonds is 7. The third-order valence-corrected chi connectivity index (χ3v) is 6.47. The highest BCUT2D eigenvalue weighted by molar-refractivity contribution is 7.91. The van der Waals surface area contributed by atoms with E-state index in [1.165, 1.54) is 11.3 Å². The van der Waals surface area contributed by atoms with Gasteiger partial charge in [-0.3, -0.25) is 0 Å². The van der Waals surface area contributed by atoms with Crippen LogP contribution < -0.4 is 4.72 Å². The van der Waals surface area contributed by atoms with Gasteiger partial charge in [0.25, 0.3) is 0 Å². The summed E-state index contributed by atoms with van der Waals surface area (Å²) in [5.74, 6) is 0. The van der Waals surface area contributed by atoms with Crippen LogP contribution in [0.15, 0.2) is 21.7 Å². The first-order chi connectivity index (χ1) is 9.62. The van der Waals surface area contributed by atoms with Crippen molar-refractivity contribution in [3.8, 4) is 0 Å². The van der Waals surface area contributed by atoms with Gasteiger partial charge in [-0.15, -0.1) is 11.3 Å². The van der Waals surface area contributed by atoms with Gasteiger partial charge in [0.1, 0.15) is 4.21 Å². The molecule has 0 radical (unpaired) electrons. The molecule has 0 spiro atoms. The molecule has 1 aliphatic heterocycles. The van der Waals surface area contributed by atoms with Crippen molar-refractivity contribution in [2.45, 2.75) is 17.6 Å². The highest BCUT2D eigenvalue weighted by atomic mass is 32.2. The summed E-state index contributed by atoms with van der Waals surface area (Å²) in [6, 6.07) is 3.39. The Bertz CT molecular complexity index is 480. The molecule has 0 aliphatic carbocycles. The Morgan fingerprint density at radius 1 is 1.25 bits per heavy atom. The maximum Gasteiger partial charge on any atom is 0.250 e. The quantitative estimate of drug-likeness (QED) is 0.764. The highest BCUT2D eigenvalue weighted by Gasteiger charge is 2.16. The van der Waals surface area contributed by atoms with Crippen LogP contribution in [-0.4, -0.2) is 64.0 Å². The Kier molecular flexibility index (Phi) is 5.98. The Morgan fingerprint density at radius 3 is 2.55 bits per heavy atom. The first kappa shape index (κ1) is 15.9. The summed E-state index contributed by atoms with van der Waals surface area (Å²) in [4.78, 5) is 4.85. The average Bonchev–Trinajstić information content (AvgIpc) is 2.99. The Balaban J connectivity index is 1.65. The van der Waals surface area contributed by atoms with Gasteiger partial charge in [-0.1, -0.05) is 13.0 Å². The van der Waals surface area contributed by atoms with Crippen molar-refractivity contribution >= 4 is 21.4 Å². The molecule has 1 saturated heterocycles. The SMILES string of the molecule is CCN1CCN(CCCNS(=O)(=O)c2cccs2)CC1. The van der Waals surface area contributed by atoms with Crippen LogP contribution in [0.5, 0.6) is 0 Å². The number of thiophene rings is 1. The fraction of sp³-hybridized carbons (Fsp3) is 0.692. The first-order valence-corrected chi connectivity index (χ1v) is 9.46. The summed E-state index contributed by atoms with van der Waals surface area (Å²) in [6.45, 7) is 9.20. The summed E-state index contributed by atoms with van der Waals surface area (Å²) in [7, 11) is -3.29. The van der Waals surface area contributed by atoms with Gasteiger partial charge in [-0.2, -0.15) is 0 Å². The van der Waals surface area contributed by atoms with Crippen molar-refractivity contribution in [2.75, 3.05) is 45.8 Å². The second-order valence-electron chi connectivity index (χ2n) is 4.96. The van der Waals surface area contributed by atoms with Gasteiger partial charge < -0.3 is 9.80 Å². The summed E-state index contributed by atoms with van der Waals surface area (Å²) in [5.41, 5.74) is 0. The lowest BCUT2D eigenvalue weighted by molar-refractivity contribution is 0.136. The van der Waals surface area contributed by atoms with Crippen LogP contribution in [0, 0.1) is 0 Å². The van der Waals surface area contributed by atoms with Gasteiger partial charge in [0.2, 0.25) is 10.0 Å². The number of hydrogen-bond donors (Lipinski definition) is 1. The average molecular weight is 317 g/mol. The molecule has 20 heavy (non-hydrogen) atoms. The van der Waals surface area contributed by atoms with Crippen LogP contribution in [0.1, 0.15) is 13.3 Å². The van der Waals surface area contributed by atoms with Gasteiger partial charge in [0, 0.05) is 32.7 Å². The molecule has 1 aliphatic rings. The number of nitrogens with one attached hydrogen (secondary N) is 1. The van der Waals surface area contributed by atoms with Crippen LogP contribution >= 0.6 is 11.3 Å². The standard InChI is InChI=1S/C13H23N3O2S2/c1-2-15-8-10-16(11-9-15)7-4-6-14-20(17,18)13-5-3-12-19-13/h3,5,12,14H,2,4,6-11H2,1H3. The molecule has 114 valence electrons. The van der Waals surface area contributed by atoms with E-state index < -0.39 is 10.0 Å². The van der Waals surface area contributed by atoms with E-state index in [0.29, 0.717) is 10.8 Å². The van der Waals surface area contributed by atoms with E-state index in [1.54, 1.807) is 17.5 Å². The van der Waals surface area contributed by atoms with Gasteiger partial charge >= 0.3 is 0 Å². The zero-order chi connectivity index (χ0) is 14.4. The molecule has 1 aromatic rings. The predicted molar refractivity (Wildman–Crippen MR) is 82.7 cm³/mol. The lowest BCUT2D eigenvalue weighted by atomic mass is 10.3. The summed E-state index contributed by atoms with van der Waals surface area (Å²) in [5, 5.41) is 1.78. The molecule has 0 saturated carbocycles. The Hall–Kier alpha value is -0.470. The number of piperazine rings is 1. The minimum Gasteiger partial charge on any atom is -0.301 e. The zero-order valence-corrected chi connectivity index (χ0v) is 13.5. The smallest absolute Gasteiger partial charge is 0.250 e. The maximum atomic E-state index is 11.9. The van der Waals surface area contributed by atoms with Gasteiger partial charge in [0.05, 0.1) is 0 Å². The van der Waals surface area contributed by atoms with Crippen LogP contribution in [0.25, 0.3) is 0 Å². The number of sulfonamides is 1. The third kappa shape index (κ3) is 4.53. The lowest BCUT2D eigenvalue weighted by Gasteiger charge is -2.33. The number of likely N-dealkylation sites (N-methyl/N-ethyl adjacent to an activating group) is 1. The summed E-state index contributed by atoms with van der Waals surface area (Å²) in [6.07, 6.45) is 0.858. The summed E-state index contributed by atoms with van der Waals surface area (Å²) >= 11 is 1.25. The highest BCUT2D eigenvalue weighted by Crippen LogP contribution is 2.15. The van der Waals surface area contributed by atoms with Crippen molar-refractivity contribution in [1.29, 1.82) is 0 Å². The van der Waals surface area contributed by atoms with E-state index >= 15 is 0 Å². The number of nitrogens with zero attached hydrogens (tertiary/aromatic N) is 2. The molecular formula is C13H23N3O2S2. The molecule has 5 nitrogen and oxygen atoms in total. The van der Waals surface area contributed by atoms with Crippen LogP contribution in [0.4, 0.5) is 0 Å². The fourth-order valence-electron chi connectivity index (χ4n) is 2.33. The first-order valence-electron chi connectivity index (χ1n) is 7.09. The molecule has 0 atom stereocenters. The van der Waals surface area contributed by atoms with Crippen molar-refractivity contribution in [3.05, 3.63) is 17.5 Å². The lowest BCUT2D eigenvalue weighted by Crippen LogP contribution is -2.46. The molecule has 7 heteroatoms. The largest absolute Gasteiger partial charge is 0.301 e. The molecular weight excluding hydrogens is 294 g/mol. The van der Waals surface area contributed by atoms with Crippen LogP contribution in [0.3, 0.4) is 0 Å². The topological polar surface area (TPSA) is 52.6 Å². The van der Waals surface area contributed by atoms with E-state index in [1.807, 2.05) is 0 Å². The maximum absolute atomic E-state index is 11.9. The van der Waals surface area contributed by atoms with Crippen LogP contribution in [0.2, 0.25) is 0 Å². The second-order valence-corrected chi connectivity index (χ2v) is 7.90. The second kappa shape index (κ2) is 7.51. The fourth-order valence-corrected chi connectivity index (χ4v) is 4.44. The molecule has 0 bridgehead atoms. The normalized spacial score (nSPS) is 18.4. The molecule has 0 amide bonds. The van der Waals surface area contributed by atoms with Crippen molar-refractivity contribution in [1.82, 2.24) is 14.5 Å². The minimum absolute atomic E-state index is 0.397. The molecule has 2 heterocycles. The van der Waals surface area contributed by atoms with Gasteiger partial charge in [-0.05, 0) is 31.0 Å². The van der Waals surface area contributed by atoms with Crippen molar-refractivity contribution < 1.29 is 8.42 Å². The van der Waals surface area contributed by atoms with Crippen molar-refractivity contribution in [2.24, 2.45) is 0 Å². The zero-order valence-electron chi connectivity index (χ0n) is 11.9. The third-order valence-electron chi connectivity index (χ3n) is 3.62. The minimum atomic E-state index is -3.29. The predicted octanol–water partition coefficient (Wildman–Crippen LogP) is 1.05. The molecule has 1 fully saturated rings. The van der Waals surface area contributed by atoms with E-state index in [0.717, 1.165) is 45.7 Å². The van der Waals surface area contributed by atoms with E-state index in [2.05, 4.69) is 21.4 Å². The Labute approximate surface area is 125 Å². The molecule has 2 rings (SSSR count). The summed E-state index contributed by atoms with van der Waals surface area (Å²) < 4.78 is 26.9. The molecule has 0 aromatic carbocycles. The van der Waals surface area contributed by atoms with E-state index in [9.17, 15) is 8.42 Å². The molecule has 1 aromatic heterocycles. The number of hydrogen-bond acceptors (Lipinski definition) is 5. The van der Waals surface area contributed by atoms with Gasteiger partial charge in [0.15, 0.2) is 0 Å².